The van der Waals surface area contributed by atoms with E-state index in [2.05, 4.69) is 5.92 Å². The summed E-state index contributed by atoms with van der Waals surface area (Å²) in [5.74, 6) is 0.982. The van der Waals surface area contributed by atoms with Crippen LogP contribution in [-0.4, -0.2) is 6.61 Å². The number of halogens is 2. The smallest absolute Gasteiger partial charge is 0.131 e. The summed E-state index contributed by atoms with van der Waals surface area (Å²) < 4.78 is 30.6. The van der Waals surface area contributed by atoms with Gasteiger partial charge < -0.3 is 4.74 Å². The summed E-state index contributed by atoms with van der Waals surface area (Å²) >= 11 is 0. The fraction of sp³-hybridized carbons (Fsp3) is 0.200. The third kappa shape index (κ3) is 2.53. The predicted octanol–water partition coefficient (Wildman–Crippen LogP) is 2.11. The van der Waals surface area contributed by atoms with Crippen molar-refractivity contribution < 1.29 is 13.5 Å². The minimum Gasteiger partial charge on any atom is -0.364 e. The van der Waals surface area contributed by atoms with Crippen LogP contribution in [0.1, 0.15) is 5.56 Å². The Kier molecular flexibility index (Phi) is 3.41. The molecule has 0 spiro atoms. The first-order chi connectivity index (χ1) is 6.25. The fourth-order valence-electron chi connectivity index (χ4n) is 0.882. The lowest BCUT2D eigenvalue weighted by Gasteiger charge is -2.03. The van der Waals surface area contributed by atoms with Gasteiger partial charge >= 0.3 is 0 Å². The number of rotatable bonds is 3. The van der Waals surface area contributed by atoms with Gasteiger partial charge in [0.2, 0.25) is 0 Å². The molecule has 0 aliphatic carbocycles. The van der Waals surface area contributed by atoms with Crippen LogP contribution in [0.3, 0.4) is 0 Å². The summed E-state index contributed by atoms with van der Waals surface area (Å²) in [4.78, 5) is 0. The molecular weight excluding hydrogens is 174 g/mol. The molecule has 0 aliphatic heterocycles. The van der Waals surface area contributed by atoms with Crippen molar-refractivity contribution in [3.05, 3.63) is 35.4 Å². The van der Waals surface area contributed by atoms with Gasteiger partial charge in [-0.15, -0.1) is 6.42 Å². The molecule has 1 aromatic carbocycles. The van der Waals surface area contributed by atoms with Crippen molar-refractivity contribution in [1.29, 1.82) is 0 Å². The standard InChI is InChI=1S/C10H8F2O/c1-2-6-13-7-8-9(11)4-3-5-10(8)12/h1,3-5H,6-7H2. The molecule has 1 aromatic rings. The molecule has 0 N–H and O–H groups in total. The van der Waals surface area contributed by atoms with Gasteiger partial charge in [-0.3, -0.25) is 0 Å². The van der Waals surface area contributed by atoms with E-state index < -0.39 is 11.6 Å². The van der Waals surface area contributed by atoms with Gasteiger partial charge in [0.25, 0.3) is 0 Å². The number of ether oxygens (including phenoxy) is 1. The molecule has 0 saturated carbocycles. The molecule has 0 radical (unpaired) electrons. The SMILES string of the molecule is C#CCOCc1c(F)cccc1F. The summed E-state index contributed by atoms with van der Waals surface area (Å²) in [5, 5.41) is 0. The van der Waals surface area contributed by atoms with Crippen LogP contribution in [0.5, 0.6) is 0 Å². The molecular formula is C10H8F2O. The zero-order chi connectivity index (χ0) is 9.68. The molecule has 13 heavy (non-hydrogen) atoms. The van der Waals surface area contributed by atoms with Crippen LogP contribution in [0.15, 0.2) is 18.2 Å². The average molecular weight is 182 g/mol. The Morgan fingerprint density at radius 1 is 1.31 bits per heavy atom. The maximum absolute atomic E-state index is 12.9. The maximum Gasteiger partial charge on any atom is 0.131 e. The number of benzene rings is 1. The summed E-state index contributed by atoms with van der Waals surface area (Å²) in [6.07, 6.45) is 4.91. The first kappa shape index (κ1) is 9.69. The second-order valence-electron chi connectivity index (χ2n) is 2.40. The number of hydrogen-bond donors (Lipinski definition) is 0. The molecule has 0 heterocycles. The molecule has 1 nitrogen and oxygen atoms in total. The van der Waals surface area contributed by atoms with Crippen LogP contribution >= 0.6 is 0 Å². The summed E-state index contributed by atoms with van der Waals surface area (Å²) in [5.41, 5.74) is -0.0854. The van der Waals surface area contributed by atoms with Crippen LogP contribution in [0.2, 0.25) is 0 Å². The third-order valence-corrected chi connectivity index (χ3v) is 1.49. The lowest BCUT2D eigenvalue weighted by molar-refractivity contribution is 0.147. The predicted molar refractivity (Wildman–Crippen MR) is 44.8 cm³/mol. The Balaban J connectivity index is 2.71. The zero-order valence-electron chi connectivity index (χ0n) is 6.89. The van der Waals surface area contributed by atoms with Gasteiger partial charge in [0.15, 0.2) is 0 Å². The fourth-order valence-corrected chi connectivity index (χ4v) is 0.882. The van der Waals surface area contributed by atoms with E-state index in [1.165, 1.54) is 18.2 Å². The van der Waals surface area contributed by atoms with Crippen molar-refractivity contribution >= 4 is 0 Å². The minimum absolute atomic E-state index is 0.0494. The van der Waals surface area contributed by atoms with E-state index in [0.717, 1.165) is 0 Å². The molecule has 1 rings (SSSR count). The number of terminal acetylenes is 1. The highest BCUT2D eigenvalue weighted by Crippen LogP contribution is 2.12. The van der Waals surface area contributed by atoms with Gasteiger partial charge in [0.1, 0.15) is 18.2 Å². The zero-order valence-corrected chi connectivity index (χ0v) is 6.89. The average Bonchev–Trinajstić information content (AvgIpc) is 2.10. The minimum atomic E-state index is -0.614. The van der Waals surface area contributed by atoms with Gasteiger partial charge in [-0.1, -0.05) is 12.0 Å². The highest BCUT2D eigenvalue weighted by atomic mass is 19.1. The van der Waals surface area contributed by atoms with Crippen molar-refractivity contribution in [3.63, 3.8) is 0 Å². The first-order valence-corrected chi connectivity index (χ1v) is 3.70. The molecule has 0 aliphatic rings. The molecule has 68 valence electrons. The third-order valence-electron chi connectivity index (χ3n) is 1.49. The highest BCUT2D eigenvalue weighted by molar-refractivity contribution is 5.18. The highest BCUT2D eigenvalue weighted by Gasteiger charge is 2.07. The molecule has 0 aromatic heterocycles. The molecule has 0 bridgehead atoms. The van der Waals surface area contributed by atoms with Crippen LogP contribution in [0.4, 0.5) is 8.78 Å². The topological polar surface area (TPSA) is 9.23 Å². The van der Waals surface area contributed by atoms with E-state index >= 15 is 0 Å². The lowest BCUT2D eigenvalue weighted by atomic mass is 10.2. The van der Waals surface area contributed by atoms with Crippen molar-refractivity contribution in [2.24, 2.45) is 0 Å². The maximum atomic E-state index is 12.9. The van der Waals surface area contributed by atoms with Crippen molar-refractivity contribution in [2.75, 3.05) is 6.61 Å². The van der Waals surface area contributed by atoms with Crippen LogP contribution in [0.25, 0.3) is 0 Å². The van der Waals surface area contributed by atoms with Crippen molar-refractivity contribution in [3.8, 4) is 12.3 Å². The van der Waals surface area contributed by atoms with E-state index in [0.29, 0.717) is 0 Å². The van der Waals surface area contributed by atoms with E-state index in [4.69, 9.17) is 11.2 Å². The van der Waals surface area contributed by atoms with Gasteiger partial charge in [-0.2, -0.15) is 0 Å². The van der Waals surface area contributed by atoms with Gasteiger partial charge in [-0.25, -0.2) is 8.78 Å². The molecule has 3 heteroatoms. The quantitative estimate of drug-likeness (QED) is 0.514. The monoisotopic (exact) mass is 182 g/mol. The molecule has 0 atom stereocenters. The van der Waals surface area contributed by atoms with Gasteiger partial charge in [0.05, 0.1) is 6.61 Å². The van der Waals surface area contributed by atoms with E-state index in [-0.39, 0.29) is 18.8 Å². The van der Waals surface area contributed by atoms with Crippen LogP contribution < -0.4 is 0 Å². The summed E-state index contributed by atoms with van der Waals surface area (Å²) in [6, 6.07) is 3.66. The molecule has 0 unspecified atom stereocenters. The number of hydrogen-bond acceptors (Lipinski definition) is 1. The van der Waals surface area contributed by atoms with Gasteiger partial charge in [-0.05, 0) is 12.1 Å². The van der Waals surface area contributed by atoms with Crippen LogP contribution in [-0.2, 0) is 11.3 Å². The Labute approximate surface area is 75.3 Å². The van der Waals surface area contributed by atoms with E-state index in [9.17, 15) is 8.78 Å². The Hall–Kier alpha value is -1.40. The second kappa shape index (κ2) is 4.58. The Bertz CT molecular complexity index is 308. The van der Waals surface area contributed by atoms with Gasteiger partial charge in [0, 0.05) is 5.56 Å². The largest absolute Gasteiger partial charge is 0.364 e. The molecule has 0 fully saturated rings. The molecule has 0 saturated heterocycles. The Morgan fingerprint density at radius 2 is 1.92 bits per heavy atom. The first-order valence-electron chi connectivity index (χ1n) is 3.70. The van der Waals surface area contributed by atoms with Crippen molar-refractivity contribution in [1.82, 2.24) is 0 Å². The van der Waals surface area contributed by atoms with Crippen molar-refractivity contribution in [2.45, 2.75) is 6.61 Å². The molecule has 0 amide bonds. The normalized spacial score (nSPS) is 9.62. The Morgan fingerprint density at radius 3 is 2.46 bits per heavy atom. The van der Waals surface area contributed by atoms with E-state index in [1.54, 1.807) is 0 Å². The summed E-state index contributed by atoms with van der Waals surface area (Å²) in [7, 11) is 0. The van der Waals surface area contributed by atoms with Crippen LogP contribution in [0, 0.1) is 24.0 Å². The van der Waals surface area contributed by atoms with E-state index in [1.807, 2.05) is 0 Å². The lowest BCUT2D eigenvalue weighted by Crippen LogP contribution is -1.99. The summed E-state index contributed by atoms with van der Waals surface area (Å²) in [6.45, 7) is -0.0868. The second-order valence-corrected chi connectivity index (χ2v) is 2.40.